The van der Waals surface area contributed by atoms with Crippen LogP contribution in [0.15, 0.2) is 24.3 Å². The van der Waals surface area contributed by atoms with Crippen LogP contribution in [0, 0.1) is 5.92 Å². The number of nitrogens with zero attached hydrogens (tertiary/aromatic N) is 1. The van der Waals surface area contributed by atoms with Gasteiger partial charge in [0.1, 0.15) is 0 Å². The van der Waals surface area contributed by atoms with Crippen molar-refractivity contribution in [3.63, 3.8) is 0 Å². The van der Waals surface area contributed by atoms with Gasteiger partial charge in [0.2, 0.25) is 0 Å². The lowest BCUT2D eigenvalue weighted by Gasteiger charge is -2.33. The van der Waals surface area contributed by atoms with Crippen LogP contribution in [0.4, 0.5) is 5.69 Å². The van der Waals surface area contributed by atoms with E-state index in [1.165, 1.54) is 49.8 Å². The maximum absolute atomic E-state index is 6.51. The summed E-state index contributed by atoms with van der Waals surface area (Å²) in [6.45, 7) is 3.36. The quantitative estimate of drug-likeness (QED) is 0.901. The average molecular weight is 258 g/mol. The number of rotatable bonds is 3. The Bertz CT molecular complexity index is 423. The maximum Gasteiger partial charge on any atom is 0.0402 e. The Morgan fingerprint density at radius 3 is 2.74 bits per heavy atom. The second-order valence-corrected chi connectivity index (χ2v) is 6.40. The van der Waals surface area contributed by atoms with Crippen LogP contribution in [0.25, 0.3) is 0 Å². The molecule has 1 fully saturated rings. The highest BCUT2D eigenvalue weighted by Crippen LogP contribution is 2.33. The molecule has 1 aromatic carbocycles. The van der Waals surface area contributed by atoms with Gasteiger partial charge in [-0.3, -0.25) is 0 Å². The van der Waals surface area contributed by atoms with E-state index in [1.54, 1.807) is 0 Å². The molecule has 2 heteroatoms. The summed E-state index contributed by atoms with van der Waals surface area (Å²) >= 11 is 0. The van der Waals surface area contributed by atoms with Gasteiger partial charge in [-0.05, 0) is 43.7 Å². The van der Waals surface area contributed by atoms with E-state index in [9.17, 15) is 0 Å². The van der Waals surface area contributed by atoms with Gasteiger partial charge in [-0.15, -0.1) is 0 Å². The Hall–Kier alpha value is -1.02. The first-order valence-electron chi connectivity index (χ1n) is 7.86. The van der Waals surface area contributed by atoms with E-state index in [1.807, 2.05) is 0 Å². The van der Waals surface area contributed by atoms with Gasteiger partial charge in [-0.2, -0.15) is 0 Å². The van der Waals surface area contributed by atoms with Crippen molar-refractivity contribution in [2.75, 3.05) is 11.4 Å². The highest BCUT2D eigenvalue weighted by Gasteiger charge is 2.29. The van der Waals surface area contributed by atoms with Crippen molar-refractivity contribution in [3.8, 4) is 0 Å². The molecule has 2 nitrogen and oxygen atoms in total. The first kappa shape index (κ1) is 13.0. The molecule has 2 N–H and O–H groups in total. The molecule has 0 bridgehead atoms. The van der Waals surface area contributed by atoms with Crippen molar-refractivity contribution < 1.29 is 0 Å². The molecule has 1 aliphatic carbocycles. The molecule has 0 aromatic heterocycles. The normalized spacial score (nSPS) is 25.4. The minimum atomic E-state index is 0.342. The van der Waals surface area contributed by atoms with Crippen LogP contribution >= 0.6 is 0 Å². The number of benzene rings is 1. The molecule has 2 unspecified atom stereocenters. The molecule has 1 saturated carbocycles. The lowest BCUT2D eigenvalue weighted by molar-refractivity contribution is 0.303. The van der Waals surface area contributed by atoms with Gasteiger partial charge >= 0.3 is 0 Å². The molecule has 0 saturated heterocycles. The third-order valence-corrected chi connectivity index (χ3v) is 5.01. The molecule has 2 atom stereocenters. The fraction of sp³-hybridized carbons (Fsp3) is 0.647. The van der Waals surface area contributed by atoms with Crippen LogP contribution < -0.4 is 10.6 Å². The minimum absolute atomic E-state index is 0.342. The number of hydrogen-bond acceptors (Lipinski definition) is 2. The predicted octanol–water partition coefficient (Wildman–Crippen LogP) is 3.35. The van der Waals surface area contributed by atoms with Crippen LogP contribution in [-0.4, -0.2) is 18.6 Å². The van der Waals surface area contributed by atoms with E-state index in [-0.39, 0.29) is 0 Å². The lowest BCUT2D eigenvalue weighted by atomic mass is 9.84. The molecule has 2 aliphatic rings. The van der Waals surface area contributed by atoms with Crippen LogP contribution in [0.2, 0.25) is 0 Å². The van der Waals surface area contributed by atoms with Gasteiger partial charge in [0, 0.05) is 24.3 Å². The number of nitrogens with two attached hydrogens (primary N) is 1. The summed E-state index contributed by atoms with van der Waals surface area (Å²) in [6.07, 6.45) is 8.02. The zero-order valence-corrected chi connectivity index (χ0v) is 12.0. The maximum atomic E-state index is 6.51. The largest absolute Gasteiger partial charge is 0.367 e. The molecule has 1 aliphatic heterocycles. The first-order chi connectivity index (χ1) is 9.25. The molecule has 1 heterocycles. The number of hydrogen-bond donors (Lipinski definition) is 1. The summed E-state index contributed by atoms with van der Waals surface area (Å²) < 4.78 is 0. The standard InChI is InChI=1S/C17H26N2/c1-13-11-15-9-5-6-10-17(15)19(13)12-16(18)14-7-3-2-4-8-14/h5-6,9-10,13-14,16H,2-4,7-8,11-12,18H2,1H3. The summed E-state index contributed by atoms with van der Waals surface area (Å²) in [5, 5.41) is 0. The molecular weight excluding hydrogens is 232 g/mol. The van der Waals surface area contributed by atoms with Gasteiger partial charge in [0.15, 0.2) is 0 Å². The smallest absolute Gasteiger partial charge is 0.0402 e. The van der Waals surface area contributed by atoms with E-state index < -0.39 is 0 Å². The highest BCUT2D eigenvalue weighted by atomic mass is 15.2. The number of anilines is 1. The Morgan fingerprint density at radius 2 is 1.95 bits per heavy atom. The highest BCUT2D eigenvalue weighted by molar-refractivity contribution is 5.59. The second-order valence-electron chi connectivity index (χ2n) is 6.40. The van der Waals surface area contributed by atoms with Gasteiger partial charge in [-0.25, -0.2) is 0 Å². The number of fused-ring (bicyclic) bond motifs is 1. The van der Waals surface area contributed by atoms with Crippen LogP contribution in [0.5, 0.6) is 0 Å². The lowest BCUT2D eigenvalue weighted by Crippen LogP contribution is -2.45. The van der Waals surface area contributed by atoms with Crippen LogP contribution in [0.3, 0.4) is 0 Å². The molecule has 19 heavy (non-hydrogen) atoms. The van der Waals surface area contributed by atoms with Crippen molar-refractivity contribution in [1.82, 2.24) is 0 Å². The summed E-state index contributed by atoms with van der Waals surface area (Å²) in [5.74, 6) is 0.744. The van der Waals surface area contributed by atoms with Crippen molar-refractivity contribution >= 4 is 5.69 Å². The Balaban J connectivity index is 1.69. The minimum Gasteiger partial charge on any atom is -0.367 e. The molecule has 0 amide bonds. The molecule has 0 radical (unpaired) electrons. The molecule has 1 aromatic rings. The Morgan fingerprint density at radius 1 is 1.21 bits per heavy atom. The second kappa shape index (κ2) is 5.54. The molecule has 3 rings (SSSR count). The van der Waals surface area contributed by atoms with Crippen molar-refractivity contribution in [1.29, 1.82) is 0 Å². The van der Waals surface area contributed by atoms with E-state index >= 15 is 0 Å². The zero-order chi connectivity index (χ0) is 13.2. The summed E-state index contributed by atoms with van der Waals surface area (Å²) in [7, 11) is 0. The van der Waals surface area contributed by atoms with Crippen LogP contribution in [0.1, 0.15) is 44.6 Å². The average Bonchev–Trinajstić information content (AvgIpc) is 2.76. The van der Waals surface area contributed by atoms with Crippen molar-refractivity contribution in [3.05, 3.63) is 29.8 Å². The fourth-order valence-corrected chi connectivity index (χ4v) is 3.85. The van der Waals surface area contributed by atoms with E-state index in [4.69, 9.17) is 5.73 Å². The SMILES string of the molecule is CC1Cc2ccccc2N1CC(N)C1CCCCC1. The molecular formula is C17H26N2. The van der Waals surface area contributed by atoms with Gasteiger partial charge in [-0.1, -0.05) is 37.5 Å². The van der Waals surface area contributed by atoms with E-state index in [0.29, 0.717) is 12.1 Å². The van der Waals surface area contributed by atoms with Crippen molar-refractivity contribution in [2.24, 2.45) is 11.7 Å². The summed E-state index contributed by atoms with van der Waals surface area (Å²) in [4.78, 5) is 2.54. The van der Waals surface area contributed by atoms with E-state index in [0.717, 1.165) is 12.5 Å². The Kier molecular flexibility index (Phi) is 3.79. The topological polar surface area (TPSA) is 29.3 Å². The third-order valence-electron chi connectivity index (χ3n) is 5.01. The van der Waals surface area contributed by atoms with E-state index in [2.05, 4.69) is 36.1 Å². The molecule has 0 spiro atoms. The fourth-order valence-electron chi connectivity index (χ4n) is 3.85. The van der Waals surface area contributed by atoms with Crippen molar-refractivity contribution in [2.45, 2.75) is 57.5 Å². The molecule has 104 valence electrons. The number of para-hydroxylation sites is 1. The zero-order valence-electron chi connectivity index (χ0n) is 12.0. The third kappa shape index (κ3) is 2.64. The van der Waals surface area contributed by atoms with Gasteiger partial charge in [0.25, 0.3) is 0 Å². The summed E-state index contributed by atoms with van der Waals surface area (Å²) in [5.41, 5.74) is 9.42. The summed E-state index contributed by atoms with van der Waals surface area (Å²) in [6, 6.07) is 9.76. The monoisotopic (exact) mass is 258 g/mol. The Labute approximate surface area is 117 Å². The van der Waals surface area contributed by atoms with Gasteiger partial charge < -0.3 is 10.6 Å². The van der Waals surface area contributed by atoms with Crippen LogP contribution in [-0.2, 0) is 6.42 Å². The van der Waals surface area contributed by atoms with Gasteiger partial charge in [0.05, 0.1) is 0 Å². The predicted molar refractivity (Wildman–Crippen MR) is 81.5 cm³/mol. The first-order valence-corrected chi connectivity index (χ1v) is 7.86.